The van der Waals surface area contributed by atoms with E-state index in [4.69, 9.17) is 0 Å². The average Bonchev–Trinajstić information content (AvgIpc) is 3.01. The van der Waals surface area contributed by atoms with Gasteiger partial charge in [-0.3, -0.25) is 4.79 Å². The molecular formula is C18H19N3OS. The van der Waals surface area contributed by atoms with E-state index in [2.05, 4.69) is 27.9 Å². The van der Waals surface area contributed by atoms with E-state index in [9.17, 15) is 4.79 Å². The van der Waals surface area contributed by atoms with Crippen LogP contribution < -0.4 is 5.32 Å². The molecular weight excluding hydrogens is 306 g/mol. The molecule has 0 atom stereocenters. The first kappa shape index (κ1) is 15.6. The maximum atomic E-state index is 12.2. The van der Waals surface area contributed by atoms with Crippen molar-refractivity contribution in [2.75, 3.05) is 0 Å². The van der Waals surface area contributed by atoms with Gasteiger partial charge in [0.25, 0.3) is 5.91 Å². The van der Waals surface area contributed by atoms with Gasteiger partial charge in [-0.25, -0.2) is 4.99 Å². The second kappa shape index (κ2) is 6.08. The Kier molecular flexibility index (Phi) is 4.13. The normalized spacial score (nSPS) is 18.0. The van der Waals surface area contributed by atoms with Crippen molar-refractivity contribution in [1.29, 1.82) is 0 Å². The van der Waals surface area contributed by atoms with Crippen molar-refractivity contribution in [2.24, 2.45) is 12.0 Å². The Hall–Kier alpha value is -2.27. The van der Waals surface area contributed by atoms with Crippen molar-refractivity contribution in [1.82, 2.24) is 9.88 Å². The fourth-order valence-corrected chi connectivity index (χ4v) is 3.18. The topological polar surface area (TPSA) is 46.4 Å². The minimum atomic E-state index is -0.0992. The number of aliphatic imine (C=N–C) groups is 1. The van der Waals surface area contributed by atoms with Gasteiger partial charge >= 0.3 is 0 Å². The molecule has 1 aliphatic rings. The number of rotatable bonds is 2. The van der Waals surface area contributed by atoms with Crippen LogP contribution in [0.1, 0.15) is 22.5 Å². The lowest BCUT2D eigenvalue weighted by molar-refractivity contribution is -0.115. The third-order valence-corrected chi connectivity index (χ3v) is 5.05. The molecule has 1 saturated heterocycles. The van der Waals surface area contributed by atoms with E-state index in [0.717, 1.165) is 22.6 Å². The predicted molar refractivity (Wildman–Crippen MR) is 96.9 cm³/mol. The number of hydrogen-bond donors (Lipinski definition) is 1. The second-order valence-corrected chi connectivity index (χ2v) is 6.69. The summed E-state index contributed by atoms with van der Waals surface area (Å²) in [5.41, 5.74) is 5.38. The zero-order valence-corrected chi connectivity index (χ0v) is 14.5. The van der Waals surface area contributed by atoms with Crippen molar-refractivity contribution in [2.45, 2.75) is 20.8 Å². The average molecular weight is 325 g/mol. The van der Waals surface area contributed by atoms with Crippen molar-refractivity contribution in [3.05, 3.63) is 57.8 Å². The summed E-state index contributed by atoms with van der Waals surface area (Å²) in [6, 6.07) is 10.0. The smallest absolute Gasteiger partial charge is 0.264 e. The molecule has 5 heteroatoms. The van der Waals surface area contributed by atoms with E-state index < -0.39 is 0 Å². The number of aromatic nitrogens is 1. The van der Waals surface area contributed by atoms with Gasteiger partial charge in [0.15, 0.2) is 5.17 Å². The zero-order valence-electron chi connectivity index (χ0n) is 13.7. The third kappa shape index (κ3) is 3.10. The van der Waals surface area contributed by atoms with Crippen LogP contribution in [0.25, 0.3) is 6.08 Å². The molecule has 0 spiro atoms. The summed E-state index contributed by atoms with van der Waals surface area (Å²) < 4.78 is 2.06. The third-order valence-electron chi connectivity index (χ3n) is 4.14. The Balaban J connectivity index is 1.89. The Bertz CT molecular complexity index is 846. The number of benzene rings is 1. The van der Waals surface area contributed by atoms with E-state index in [1.165, 1.54) is 17.3 Å². The van der Waals surface area contributed by atoms with Crippen molar-refractivity contribution in [3.63, 3.8) is 0 Å². The van der Waals surface area contributed by atoms with Crippen LogP contribution in [0.2, 0.25) is 0 Å². The van der Waals surface area contributed by atoms with Gasteiger partial charge in [-0.2, -0.15) is 0 Å². The Morgan fingerprint density at radius 1 is 1.17 bits per heavy atom. The molecule has 118 valence electrons. The van der Waals surface area contributed by atoms with Gasteiger partial charge in [0.2, 0.25) is 0 Å². The number of carbonyl (C=O) groups excluding carboxylic acids is 1. The Morgan fingerprint density at radius 2 is 1.96 bits per heavy atom. The summed E-state index contributed by atoms with van der Waals surface area (Å²) in [7, 11) is 1.99. The minimum absolute atomic E-state index is 0.0992. The molecule has 2 aromatic rings. The summed E-state index contributed by atoms with van der Waals surface area (Å²) in [5.74, 6) is -0.0992. The van der Waals surface area contributed by atoms with Crippen molar-refractivity contribution < 1.29 is 4.79 Å². The van der Waals surface area contributed by atoms with Gasteiger partial charge in [0, 0.05) is 18.4 Å². The second-order valence-electron chi connectivity index (χ2n) is 5.66. The zero-order chi connectivity index (χ0) is 16.6. The van der Waals surface area contributed by atoms with Crippen LogP contribution in [0.15, 0.2) is 40.2 Å². The van der Waals surface area contributed by atoms with E-state index in [1.54, 1.807) is 0 Å². The quantitative estimate of drug-likeness (QED) is 0.853. The molecule has 1 N–H and O–H groups in total. The van der Waals surface area contributed by atoms with Crippen LogP contribution in [0, 0.1) is 20.8 Å². The fraction of sp³-hybridized carbons (Fsp3) is 0.222. The highest BCUT2D eigenvalue weighted by Crippen LogP contribution is 2.29. The van der Waals surface area contributed by atoms with E-state index in [-0.39, 0.29) is 5.91 Å². The molecule has 4 nitrogen and oxygen atoms in total. The van der Waals surface area contributed by atoms with Crippen LogP contribution in [-0.2, 0) is 11.8 Å². The lowest BCUT2D eigenvalue weighted by Crippen LogP contribution is -2.19. The van der Waals surface area contributed by atoms with E-state index in [0.29, 0.717) is 10.1 Å². The van der Waals surface area contributed by atoms with Gasteiger partial charge < -0.3 is 9.88 Å². The Morgan fingerprint density at radius 3 is 2.65 bits per heavy atom. The van der Waals surface area contributed by atoms with Crippen molar-refractivity contribution >= 4 is 34.6 Å². The summed E-state index contributed by atoms with van der Waals surface area (Å²) >= 11 is 1.38. The molecule has 2 heterocycles. The highest BCUT2D eigenvalue weighted by atomic mass is 32.2. The van der Waals surface area contributed by atoms with E-state index in [1.807, 2.05) is 51.2 Å². The molecule has 1 aromatic carbocycles. The number of aryl methyl sites for hydroxylation is 2. The molecule has 0 aliphatic carbocycles. The SMILES string of the molecule is Cc1cccc(N=C2NC(=O)/C(=C/c3ccc(C)n3C)S2)c1C. The largest absolute Gasteiger partial charge is 0.348 e. The monoisotopic (exact) mass is 325 g/mol. The van der Waals surface area contributed by atoms with Gasteiger partial charge in [0.05, 0.1) is 10.6 Å². The van der Waals surface area contributed by atoms with Crippen LogP contribution in [-0.4, -0.2) is 15.6 Å². The summed E-state index contributed by atoms with van der Waals surface area (Å²) in [5, 5.41) is 3.47. The van der Waals surface area contributed by atoms with Crippen LogP contribution in [0.5, 0.6) is 0 Å². The molecule has 3 rings (SSSR count). The molecule has 1 amide bonds. The lowest BCUT2D eigenvalue weighted by atomic mass is 10.1. The molecule has 0 saturated carbocycles. The highest BCUT2D eigenvalue weighted by molar-refractivity contribution is 8.18. The number of amides is 1. The van der Waals surface area contributed by atoms with Gasteiger partial charge in [-0.1, -0.05) is 12.1 Å². The predicted octanol–water partition coefficient (Wildman–Crippen LogP) is 3.84. The van der Waals surface area contributed by atoms with E-state index >= 15 is 0 Å². The van der Waals surface area contributed by atoms with Crippen LogP contribution in [0.3, 0.4) is 0 Å². The number of nitrogens with zero attached hydrogens (tertiary/aromatic N) is 2. The first-order valence-corrected chi connectivity index (χ1v) is 8.25. The summed E-state index contributed by atoms with van der Waals surface area (Å²) in [6.45, 7) is 6.14. The molecule has 1 fully saturated rings. The van der Waals surface area contributed by atoms with Crippen LogP contribution >= 0.6 is 11.8 Å². The van der Waals surface area contributed by atoms with Gasteiger partial charge in [-0.15, -0.1) is 0 Å². The highest BCUT2D eigenvalue weighted by Gasteiger charge is 2.24. The molecule has 1 aromatic heterocycles. The van der Waals surface area contributed by atoms with Crippen molar-refractivity contribution in [3.8, 4) is 0 Å². The van der Waals surface area contributed by atoms with Crippen LogP contribution in [0.4, 0.5) is 5.69 Å². The number of amidine groups is 1. The maximum absolute atomic E-state index is 12.2. The summed E-state index contributed by atoms with van der Waals surface area (Å²) in [4.78, 5) is 17.4. The lowest BCUT2D eigenvalue weighted by Gasteiger charge is -2.04. The summed E-state index contributed by atoms with van der Waals surface area (Å²) in [6.07, 6.45) is 1.90. The number of carbonyl (C=O) groups is 1. The molecule has 0 radical (unpaired) electrons. The number of nitrogens with one attached hydrogen (secondary N) is 1. The van der Waals surface area contributed by atoms with Gasteiger partial charge in [-0.05, 0) is 67.9 Å². The Labute approximate surface area is 140 Å². The first-order chi connectivity index (χ1) is 11.0. The number of thioether (sulfide) groups is 1. The number of hydrogen-bond acceptors (Lipinski definition) is 3. The first-order valence-electron chi connectivity index (χ1n) is 7.44. The van der Waals surface area contributed by atoms with Gasteiger partial charge in [0.1, 0.15) is 0 Å². The fourth-order valence-electron chi connectivity index (χ4n) is 2.36. The molecule has 1 aliphatic heterocycles. The molecule has 0 bridgehead atoms. The standard InChI is InChI=1S/C18H19N3OS/c1-11-6-5-7-15(13(11)3)19-18-20-17(22)16(23-18)10-14-9-8-12(2)21(14)4/h5-10H,1-4H3,(H,19,20,22)/b16-10-. The molecule has 0 unspecified atom stereocenters. The maximum Gasteiger partial charge on any atom is 0.264 e. The minimum Gasteiger partial charge on any atom is -0.348 e. The molecule has 23 heavy (non-hydrogen) atoms.